The Labute approximate surface area is 108 Å². The van der Waals surface area contributed by atoms with Crippen molar-refractivity contribution in [2.45, 2.75) is 39.0 Å². The second-order valence-corrected chi connectivity index (χ2v) is 5.22. The smallest absolute Gasteiger partial charge is 0.251 e. The van der Waals surface area contributed by atoms with Gasteiger partial charge in [-0.3, -0.25) is 4.79 Å². The van der Waals surface area contributed by atoms with Gasteiger partial charge in [0.15, 0.2) is 0 Å². The van der Waals surface area contributed by atoms with Gasteiger partial charge in [-0.1, -0.05) is 25.3 Å². The van der Waals surface area contributed by atoms with Crippen LogP contribution < -0.4 is 5.32 Å². The van der Waals surface area contributed by atoms with Gasteiger partial charge in [0.05, 0.1) is 0 Å². The van der Waals surface area contributed by atoms with Crippen LogP contribution in [0.3, 0.4) is 0 Å². The van der Waals surface area contributed by atoms with E-state index in [9.17, 15) is 9.90 Å². The van der Waals surface area contributed by atoms with Crippen LogP contribution in [0.1, 0.15) is 48.0 Å². The van der Waals surface area contributed by atoms with E-state index in [1.54, 1.807) is 12.1 Å². The number of hydrogen-bond donors (Lipinski definition) is 2. The van der Waals surface area contributed by atoms with Crippen molar-refractivity contribution in [3.8, 4) is 5.75 Å². The standard InChI is InChI=1S/C15H21NO2/c1-11-7-8-13(9-14(11)17)15(18)16-10-12-5-3-2-4-6-12/h7-9,12,17H,2-6,10H2,1H3,(H,16,18). The highest BCUT2D eigenvalue weighted by molar-refractivity contribution is 5.94. The Bertz CT molecular complexity index is 423. The molecule has 2 rings (SSSR count). The maximum absolute atomic E-state index is 11.9. The van der Waals surface area contributed by atoms with E-state index in [2.05, 4.69) is 5.32 Å². The van der Waals surface area contributed by atoms with E-state index in [-0.39, 0.29) is 11.7 Å². The summed E-state index contributed by atoms with van der Waals surface area (Å²) >= 11 is 0. The molecule has 1 amide bonds. The van der Waals surface area contributed by atoms with Crippen LogP contribution in [0.4, 0.5) is 0 Å². The van der Waals surface area contributed by atoms with Gasteiger partial charge in [0.1, 0.15) is 5.75 Å². The third kappa shape index (κ3) is 3.25. The molecule has 2 N–H and O–H groups in total. The Morgan fingerprint density at radius 1 is 1.33 bits per heavy atom. The first-order chi connectivity index (χ1) is 8.66. The zero-order valence-electron chi connectivity index (χ0n) is 10.9. The number of carbonyl (C=O) groups is 1. The normalized spacial score (nSPS) is 16.5. The Balaban J connectivity index is 1.88. The minimum atomic E-state index is -0.0872. The van der Waals surface area contributed by atoms with Crippen molar-refractivity contribution in [3.05, 3.63) is 29.3 Å². The van der Waals surface area contributed by atoms with Crippen molar-refractivity contribution in [2.24, 2.45) is 5.92 Å². The summed E-state index contributed by atoms with van der Waals surface area (Å²) in [5, 5.41) is 12.6. The zero-order valence-corrected chi connectivity index (χ0v) is 10.9. The fraction of sp³-hybridized carbons (Fsp3) is 0.533. The molecule has 0 heterocycles. The van der Waals surface area contributed by atoms with Crippen LogP contribution in [0.15, 0.2) is 18.2 Å². The summed E-state index contributed by atoms with van der Waals surface area (Å²) in [5.74, 6) is 0.720. The van der Waals surface area contributed by atoms with Gasteiger partial charge >= 0.3 is 0 Å². The summed E-state index contributed by atoms with van der Waals surface area (Å²) in [6.45, 7) is 2.58. The summed E-state index contributed by atoms with van der Waals surface area (Å²) < 4.78 is 0. The molecule has 3 nitrogen and oxygen atoms in total. The summed E-state index contributed by atoms with van der Waals surface area (Å²) in [5.41, 5.74) is 1.33. The predicted molar refractivity (Wildman–Crippen MR) is 71.8 cm³/mol. The van der Waals surface area contributed by atoms with Crippen molar-refractivity contribution in [2.75, 3.05) is 6.54 Å². The number of hydrogen-bond acceptors (Lipinski definition) is 2. The number of benzene rings is 1. The molecule has 1 aliphatic carbocycles. The van der Waals surface area contributed by atoms with E-state index >= 15 is 0 Å². The molecule has 0 bridgehead atoms. The SMILES string of the molecule is Cc1ccc(C(=O)NCC2CCCCC2)cc1O. The van der Waals surface area contributed by atoms with Gasteiger partial charge in [0, 0.05) is 12.1 Å². The number of aryl methyl sites for hydroxylation is 1. The minimum Gasteiger partial charge on any atom is -0.508 e. The minimum absolute atomic E-state index is 0.0872. The van der Waals surface area contributed by atoms with Crippen LogP contribution in [0.25, 0.3) is 0 Å². The Kier molecular flexibility index (Phi) is 4.24. The second-order valence-electron chi connectivity index (χ2n) is 5.22. The van der Waals surface area contributed by atoms with E-state index in [0.717, 1.165) is 12.1 Å². The average Bonchev–Trinajstić information content (AvgIpc) is 2.40. The maximum atomic E-state index is 11.9. The Morgan fingerprint density at radius 2 is 2.06 bits per heavy atom. The number of carbonyl (C=O) groups excluding carboxylic acids is 1. The predicted octanol–water partition coefficient (Wildman–Crippen LogP) is 3.01. The molecule has 1 aromatic carbocycles. The molecule has 1 saturated carbocycles. The largest absolute Gasteiger partial charge is 0.508 e. The number of phenolic OH excluding ortho intramolecular Hbond substituents is 1. The van der Waals surface area contributed by atoms with Crippen molar-refractivity contribution in [3.63, 3.8) is 0 Å². The summed E-state index contributed by atoms with van der Waals surface area (Å²) in [4.78, 5) is 11.9. The fourth-order valence-corrected chi connectivity index (χ4v) is 2.48. The lowest BCUT2D eigenvalue weighted by Gasteiger charge is -2.21. The van der Waals surface area contributed by atoms with Crippen molar-refractivity contribution in [1.29, 1.82) is 0 Å². The fourth-order valence-electron chi connectivity index (χ4n) is 2.48. The molecule has 1 fully saturated rings. The van der Waals surface area contributed by atoms with Gasteiger partial charge < -0.3 is 10.4 Å². The number of aromatic hydroxyl groups is 1. The van der Waals surface area contributed by atoms with Crippen LogP contribution in [0, 0.1) is 12.8 Å². The van der Waals surface area contributed by atoms with Gasteiger partial charge in [-0.2, -0.15) is 0 Å². The highest BCUT2D eigenvalue weighted by Gasteiger charge is 2.15. The molecule has 0 unspecified atom stereocenters. The van der Waals surface area contributed by atoms with E-state index in [4.69, 9.17) is 0 Å². The van der Waals surface area contributed by atoms with Crippen LogP contribution >= 0.6 is 0 Å². The van der Waals surface area contributed by atoms with E-state index in [1.165, 1.54) is 38.2 Å². The topological polar surface area (TPSA) is 49.3 Å². The van der Waals surface area contributed by atoms with Gasteiger partial charge in [0.25, 0.3) is 5.91 Å². The monoisotopic (exact) mass is 247 g/mol. The summed E-state index contributed by atoms with van der Waals surface area (Å²) in [6, 6.07) is 5.06. The van der Waals surface area contributed by atoms with E-state index in [0.29, 0.717) is 11.5 Å². The number of nitrogens with one attached hydrogen (secondary N) is 1. The molecule has 1 aromatic rings. The van der Waals surface area contributed by atoms with Gasteiger partial charge in [-0.15, -0.1) is 0 Å². The highest BCUT2D eigenvalue weighted by Crippen LogP contribution is 2.23. The van der Waals surface area contributed by atoms with Crippen LogP contribution in [0.2, 0.25) is 0 Å². The molecule has 0 spiro atoms. The molecule has 18 heavy (non-hydrogen) atoms. The first kappa shape index (κ1) is 12.9. The Hall–Kier alpha value is -1.51. The molecule has 0 saturated heterocycles. The lowest BCUT2D eigenvalue weighted by atomic mass is 9.89. The number of phenols is 1. The maximum Gasteiger partial charge on any atom is 0.251 e. The Morgan fingerprint density at radius 3 is 2.72 bits per heavy atom. The number of amides is 1. The molecule has 0 radical (unpaired) electrons. The van der Waals surface area contributed by atoms with E-state index < -0.39 is 0 Å². The molecule has 3 heteroatoms. The molecule has 0 atom stereocenters. The van der Waals surface area contributed by atoms with Crippen LogP contribution in [0.5, 0.6) is 5.75 Å². The van der Waals surface area contributed by atoms with Gasteiger partial charge in [-0.05, 0) is 43.4 Å². The van der Waals surface area contributed by atoms with Crippen molar-refractivity contribution in [1.82, 2.24) is 5.32 Å². The van der Waals surface area contributed by atoms with Crippen molar-refractivity contribution < 1.29 is 9.90 Å². The van der Waals surface area contributed by atoms with Gasteiger partial charge in [0.2, 0.25) is 0 Å². The lowest BCUT2D eigenvalue weighted by molar-refractivity contribution is 0.0943. The molecule has 0 aromatic heterocycles. The van der Waals surface area contributed by atoms with Crippen LogP contribution in [-0.4, -0.2) is 17.6 Å². The highest BCUT2D eigenvalue weighted by atomic mass is 16.3. The molecular formula is C15H21NO2. The third-order valence-electron chi connectivity index (χ3n) is 3.75. The molecule has 0 aliphatic heterocycles. The van der Waals surface area contributed by atoms with E-state index in [1.807, 2.05) is 6.92 Å². The number of rotatable bonds is 3. The van der Waals surface area contributed by atoms with Gasteiger partial charge in [-0.25, -0.2) is 0 Å². The first-order valence-electron chi connectivity index (χ1n) is 6.74. The second kappa shape index (κ2) is 5.89. The van der Waals surface area contributed by atoms with Crippen LogP contribution in [-0.2, 0) is 0 Å². The average molecular weight is 247 g/mol. The first-order valence-corrected chi connectivity index (χ1v) is 6.74. The lowest BCUT2D eigenvalue weighted by Crippen LogP contribution is -2.30. The molecular weight excluding hydrogens is 226 g/mol. The zero-order chi connectivity index (χ0) is 13.0. The quantitative estimate of drug-likeness (QED) is 0.862. The summed E-state index contributed by atoms with van der Waals surface area (Å²) in [6.07, 6.45) is 6.34. The third-order valence-corrected chi connectivity index (χ3v) is 3.75. The van der Waals surface area contributed by atoms with Crippen molar-refractivity contribution >= 4 is 5.91 Å². The molecule has 98 valence electrons. The molecule has 1 aliphatic rings. The summed E-state index contributed by atoms with van der Waals surface area (Å²) in [7, 11) is 0.